The van der Waals surface area contributed by atoms with E-state index in [2.05, 4.69) is 55.9 Å². The van der Waals surface area contributed by atoms with Crippen molar-refractivity contribution in [3.8, 4) is 0 Å². The molecule has 0 aromatic carbocycles. The lowest BCUT2D eigenvalue weighted by atomic mass is 9.91. The van der Waals surface area contributed by atoms with Gasteiger partial charge in [-0.15, -0.1) is 0 Å². The molecule has 2 aromatic rings. The van der Waals surface area contributed by atoms with Crippen molar-refractivity contribution in [3.05, 3.63) is 52.4 Å². The molecule has 0 unspecified atom stereocenters. The predicted octanol–water partition coefficient (Wildman–Crippen LogP) is 3.93. The Morgan fingerprint density at radius 2 is 1.95 bits per heavy atom. The number of hydrogen-bond donors (Lipinski definition) is 0. The number of nitrogens with zero attached hydrogens (tertiary/aromatic N) is 3. The van der Waals surface area contributed by atoms with Gasteiger partial charge in [0.1, 0.15) is 5.82 Å². The number of piperidine rings is 1. The summed E-state index contributed by atoms with van der Waals surface area (Å²) in [6.07, 6.45) is 6.07. The molecule has 0 bridgehead atoms. The summed E-state index contributed by atoms with van der Waals surface area (Å²) < 4.78 is 1.03. The SMILES string of the molecule is Cc1cccnc1C1CCN(c2ccc(Br)cn2)CC1. The van der Waals surface area contributed by atoms with Crippen molar-refractivity contribution in [1.82, 2.24) is 9.97 Å². The zero-order chi connectivity index (χ0) is 13.9. The molecular formula is C16H18BrN3. The van der Waals surface area contributed by atoms with Gasteiger partial charge in [0, 0.05) is 41.6 Å². The molecule has 0 radical (unpaired) electrons. The summed E-state index contributed by atoms with van der Waals surface area (Å²) in [5.74, 6) is 1.66. The zero-order valence-electron chi connectivity index (χ0n) is 11.6. The minimum absolute atomic E-state index is 0.586. The minimum atomic E-state index is 0.586. The summed E-state index contributed by atoms with van der Waals surface area (Å²) in [5.41, 5.74) is 2.59. The average Bonchev–Trinajstić information content (AvgIpc) is 2.49. The molecule has 0 atom stereocenters. The summed E-state index contributed by atoms with van der Waals surface area (Å²) in [6.45, 7) is 4.26. The summed E-state index contributed by atoms with van der Waals surface area (Å²) in [6, 6.07) is 8.30. The van der Waals surface area contributed by atoms with E-state index in [1.54, 1.807) is 0 Å². The first-order chi connectivity index (χ1) is 9.74. The fourth-order valence-electron chi connectivity index (χ4n) is 2.86. The summed E-state index contributed by atoms with van der Waals surface area (Å²) in [4.78, 5) is 11.4. The first kappa shape index (κ1) is 13.6. The van der Waals surface area contributed by atoms with E-state index in [0.717, 1.165) is 36.2 Å². The van der Waals surface area contributed by atoms with Gasteiger partial charge >= 0.3 is 0 Å². The molecule has 3 nitrogen and oxygen atoms in total. The van der Waals surface area contributed by atoms with Crippen LogP contribution in [0.5, 0.6) is 0 Å². The Morgan fingerprint density at radius 3 is 2.60 bits per heavy atom. The van der Waals surface area contributed by atoms with E-state index in [1.165, 1.54) is 11.3 Å². The van der Waals surface area contributed by atoms with Gasteiger partial charge in [0.15, 0.2) is 0 Å². The second-order valence-corrected chi connectivity index (χ2v) is 6.22. The summed E-state index contributed by atoms with van der Waals surface area (Å²) in [5, 5.41) is 0. The van der Waals surface area contributed by atoms with Crippen LogP contribution in [0.15, 0.2) is 41.1 Å². The second kappa shape index (κ2) is 5.92. The lowest BCUT2D eigenvalue weighted by Gasteiger charge is -2.33. The first-order valence-electron chi connectivity index (χ1n) is 7.02. The van der Waals surface area contributed by atoms with Crippen molar-refractivity contribution in [3.63, 3.8) is 0 Å². The highest BCUT2D eigenvalue weighted by Crippen LogP contribution is 2.30. The Morgan fingerprint density at radius 1 is 1.15 bits per heavy atom. The van der Waals surface area contributed by atoms with Crippen LogP contribution in [-0.2, 0) is 0 Å². The molecule has 0 aliphatic carbocycles. The number of halogens is 1. The third-order valence-corrected chi connectivity index (χ3v) is 4.44. The second-order valence-electron chi connectivity index (χ2n) is 5.30. The van der Waals surface area contributed by atoms with E-state index in [4.69, 9.17) is 0 Å². The largest absolute Gasteiger partial charge is 0.357 e. The van der Waals surface area contributed by atoms with E-state index in [1.807, 2.05) is 18.5 Å². The Balaban J connectivity index is 1.68. The van der Waals surface area contributed by atoms with Crippen LogP contribution in [0.3, 0.4) is 0 Å². The topological polar surface area (TPSA) is 29.0 Å². The molecule has 1 aliphatic heterocycles. The maximum Gasteiger partial charge on any atom is 0.128 e. The van der Waals surface area contributed by atoms with Gasteiger partial charge in [-0.05, 0) is 59.5 Å². The fourth-order valence-corrected chi connectivity index (χ4v) is 3.10. The monoisotopic (exact) mass is 331 g/mol. The summed E-state index contributed by atoms with van der Waals surface area (Å²) >= 11 is 3.43. The van der Waals surface area contributed by atoms with Crippen molar-refractivity contribution in [2.45, 2.75) is 25.7 Å². The average molecular weight is 332 g/mol. The molecule has 20 heavy (non-hydrogen) atoms. The van der Waals surface area contributed by atoms with Gasteiger partial charge < -0.3 is 4.90 Å². The Bertz CT molecular complexity index is 575. The van der Waals surface area contributed by atoms with Crippen LogP contribution in [-0.4, -0.2) is 23.1 Å². The number of pyridine rings is 2. The van der Waals surface area contributed by atoms with Crippen LogP contribution >= 0.6 is 15.9 Å². The van der Waals surface area contributed by atoms with Crippen molar-refractivity contribution >= 4 is 21.7 Å². The zero-order valence-corrected chi connectivity index (χ0v) is 13.2. The number of anilines is 1. The fraction of sp³-hybridized carbons (Fsp3) is 0.375. The molecule has 104 valence electrons. The molecule has 4 heteroatoms. The van der Waals surface area contributed by atoms with Crippen LogP contribution in [0.2, 0.25) is 0 Å². The third-order valence-electron chi connectivity index (χ3n) is 3.97. The molecule has 1 saturated heterocycles. The highest BCUT2D eigenvalue weighted by Gasteiger charge is 2.23. The maximum atomic E-state index is 4.57. The standard InChI is InChI=1S/C16H18BrN3/c1-12-3-2-8-18-16(12)13-6-9-20(10-7-13)15-5-4-14(17)11-19-15/h2-5,8,11,13H,6-7,9-10H2,1H3. The van der Waals surface area contributed by atoms with Crippen molar-refractivity contribution in [2.75, 3.05) is 18.0 Å². The van der Waals surface area contributed by atoms with Crippen LogP contribution in [0.25, 0.3) is 0 Å². The lowest BCUT2D eigenvalue weighted by Crippen LogP contribution is -2.33. The van der Waals surface area contributed by atoms with Crippen LogP contribution in [0, 0.1) is 6.92 Å². The van der Waals surface area contributed by atoms with Gasteiger partial charge in [0.05, 0.1) is 0 Å². The van der Waals surface area contributed by atoms with Gasteiger partial charge in [0.2, 0.25) is 0 Å². The van der Waals surface area contributed by atoms with Crippen molar-refractivity contribution in [1.29, 1.82) is 0 Å². The molecule has 0 spiro atoms. The molecular weight excluding hydrogens is 314 g/mol. The number of aromatic nitrogens is 2. The van der Waals surface area contributed by atoms with E-state index in [0.29, 0.717) is 5.92 Å². The number of rotatable bonds is 2. The van der Waals surface area contributed by atoms with Gasteiger partial charge in [0.25, 0.3) is 0 Å². The quantitative estimate of drug-likeness (QED) is 0.834. The third kappa shape index (κ3) is 2.85. The van der Waals surface area contributed by atoms with E-state index in [9.17, 15) is 0 Å². The Hall–Kier alpha value is -1.42. The van der Waals surface area contributed by atoms with E-state index < -0.39 is 0 Å². The van der Waals surface area contributed by atoms with Gasteiger partial charge in [-0.3, -0.25) is 4.98 Å². The number of hydrogen-bond acceptors (Lipinski definition) is 3. The Kier molecular flexibility index (Phi) is 4.01. The van der Waals surface area contributed by atoms with Crippen LogP contribution in [0.1, 0.15) is 30.0 Å². The van der Waals surface area contributed by atoms with E-state index >= 15 is 0 Å². The van der Waals surface area contributed by atoms with Gasteiger partial charge in [-0.25, -0.2) is 4.98 Å². The molecule has 0 saturated carbocycles. The lowest BCUT2D eigenvalue weighted by molar-refractivity contribution is 0.492. The molecule has 0 amide bonds. The Labute approximate surface area is 128 Å². The molecule has 1 fully saturated rings. The van der Waals surface area contributed by atoms with Crippen LogP contribution in [0.4, 0.5) is 5.82 Å². The van der Waals surface area contributed by atoms with Crippen LogP contribution < -0.4 is 4.90 Å². The molecule has 0 N–H and O–H groups in total. The van der Waals surface area contributed by atoms with Crippen molar-refractivity contribution in [2.24, 2.45) is 0 Å². The minimum Gasteiger partial charge on any atom is -0.357 e. The number of aryl methyl sites for hydroxylation is 1. The highest BCUT2D eigenvalue weighted by molar-refractivity contribution is 9.10. The highest BCUT2D eigenvalue weighted by atomic mass is 79.9. The summed E-state index contributed by atoms with van der Waals surface area (Å²) in [7, 11) is 0. The molecule has 1 aliphatic rings. The maximum absolute atomic E-state index is 4.57. The first-order valence-corrected chi connectivity index (χ1v) is 7.81. The molecule has 2 aromatic heterocycles. The molecule has 3 heterocycles. The van der Waals surface area contributed by atoms with Crippen molar-refractivity contribution < 1.29 is 0 Å². The normalized spacial score (nSPS) is 16.4. The van der Waals surface area contributed by atoms with E-state index in [-0.39, 0.29) is 0 Å². The van der Waals surface area contributed by atoms with Gasteiger partial charge in [-0.1, -0.05) is 6.07 Å². The molecule has 3 rings (SSSR count). The van der Waals surface area contributed by atoms with Gasteiger partial charge in [-0.2, -0.15) is 0 Å². The smallest absolute Gasteiger partial charge is 0.128 e. The predicted molar refractivity (Wildman–Crippen MR) is 85.1 cm³/mol.